The molecule has 3 aromatic rings. The number of esters is 1. The molecule has 7 rings (SSSR count). The molecule has 3 aromatic heterocycles. The highest BCUT2D eigenvalue weighted by Crippen LogP contribution is 2.68. The quantitative estimate of drug-likeness (QED) is 0.268. The molecule has 10 heteroatoms. The van der Waals surface area contributed by atoms with Crippen LogP contribution >= 0.6 is 23.1 Å². The van der Waals surface area contributed by atoms with Crippen LogP contribution in [-0.2, 0) is 14.3 Å². The van der Waals surface area contributed by atoms with Gasteiger partial charge in [-0.05, 0) is 92.0 Å². The smallest absolute Gasteiger partial charge is 0.339 e. The molecule has 0 radical (unpaired) electrons. The number of thioether (sulfide) groups is 1. The third-order valence-corrected chi connectivity index (χ3v) is 13.2. The number of pyridine rings is 2. The Kier molecular flexibility index (Phi) is 7.10. The van der Waals surface area contributed by atoms with Gasteiger partial charge in [-0.2, -0.15) is 0 Å². The van der Waals surface area contributed by atoms with Gasteiger partial charge in [0.15, 0.2) is 21.5 Å². The minimum atomic E-state index is -1.38. The highest BCUT2D eigenvalue weighted by molar-refractivity contribution is 8.01. The Balaban J connectivity index is 1.23. The van der Waals surface area contributed by atoms with Crippen molar-refractivity contribution in [2.75, 3.05) is 5.75 Å². The maximum Gasteiger partial charge on any atom is 0.339 e. The highest BCUT2D eigenvalue weighted by Gasteiger charge is 2.70. The molecular formula is C33H35N3O5S2. The van der Waals surface area contributed by atoms with Crippen LogP contribution in [0.1, 0.15) is 69.2 Å². The molecule has 5 unspecified atom stereocenters. The minimum absolute atomic E-state index is 0.00472. The number of hydrogen-bond donors (Lipinski definition) is 1. The summed E-state index contributed by atoms with van der Waals surface area (Å²) in [6.45, 7) is 4.28. The van der Waals surface area contributed by atoms with Crippen molar-refractivity contribution in [3.05, 3.63) is 60.1 Å². The second kappa shape index (κ2) is 10.6. The number of hydrogen-bond acceptors (Lipinski definition) is 10. The van der Waals surface area contributed by atoms with Gasteiger partial charge >= 0.3 is 5.97 Å². The van der Waals surface area contributed by atoms with Crippen molar-refractivity contribution in [1.29, 1.82) is 0 Å². The maximum atomic E-state index is 14.5. The van der Waals surface area contributed by atoms with E-state index in [1.54, 1.807) is 30.7 Å². The second-order valence-electron chi connectivity index (χ2n) is 13.1. The molecule has 0 spiro atoms. The van der Waals surface area contributed by atoms with E-state index in [-0.39, 0.29) is 40.5 Å². The van der Waals surface area contributed by atoms with Gasteiger partial charge in [-0.1, -0.05) is 42.5 Å². The number of thiazole rings is 1. The number of nitrogens with zero attached hydrogens (tertiary/aromatic N) is 3. The van der Waals surface area contributed by atoms with Gasteiger partial charge in [0.05, 0.1) is 17.4 Å². The van der Waals surface area contributed by atoms with Crippen molar-refractivity contribution >= 4 is 51.0 Å². The lowest BCUT2D eigenvalue weighted by molar-refractivity contribution is -0.180. The molecule has 8 nitrogen and oxygen atoms in total. The number of allylic oxidation sites excluding steroid dienone is 1. The summed E-state index contributed by atoms with van der Waals surface area (Å²) in [6, 6.07) is 6.94. The first kappa shape index (κ1) is 28.8. The van der Waals surface area contributed by atoms with Gasteiger partial charge in [0.1, 0.15) is 10.3 Å². The first-order chi connectivity index (χ1) is 20.6. The second-order valence-corrected chi connectivity index (χ2v) is 15.3. The van der Waals surface area contributed by atoms with Crippen molar-refractivity contribution in [3.63, 3.8) is 0 Å². The lowest BCUT2D eigenvalue weighted by Crippen LogP contribution is -2.63. The molecule has 4 aliphatic carbocycles. The van der Waals surface area contributed by atoms with E-state index < -0.39 is 23.1 Å². The van der Waals surface area contributed by atoms with E-state index in [2.05, 4.69) is 28.8 Å². The van der Waals surface area contributed by atoms with E-state index in [0.29, 0.717) is 24.8 Å². The van der Waals surface area contributed by atoms with E-state index in [9.17, 15) is 19.5 Å². The van der Waals surface area contributed by atoms with Gasteiger partial charge in [-0.25, -0.2) is 14.8 Å². The van der Waals surface area contributed by atoms with Crippen molar-refractivity contribution in [1.82, 2.24) is 15.0 Å². The molecule has 3 heterocycles. The summed E-state index contributed by atoms with van der Waals surface area (Å²) in [4.78, 5) is 54.3. The van der Waals surface area contributed by atoms with E-state index in [1.807, 2.05) is 18.2 Å². The summed E-state index contributed by atoms with van der Waals surface area (Å²) in [7, 11) is 0. The van der Waals surface area contributed by atoms with Gasteiger partial charge in [-0.3, -0.25) is 14.6 Å². The van der Waals surface area contributed by atoms with E-state index in [4.69, 9.17) is 4.74 Å². The van der Waals surface area contributed by atoms with Gasteiger partial charge in [0, 0.05) is 30.4 Å². The zero-order valence-electron chi connectivity index (χ0n) is 24.3. The number of ether oxygens (including phenoxy) is 1. The van der Waals surface area contributed by atoms with E-state index in [1.165, 1.54) is 28.7 Å². The maximum absolute atomic E-state index is 14.5. The molecule has 0 amide bonds. The van der Waals surface area contributed by atoms with Crippen LogP contribution in [0.25, 0.3) is 10.3 Å². The van der Waals surface area contributed by atoms with Crippen LogP contribution in [0.15, 0.2) is 58.8 Å². The minimum Gasteiger partial charge on any atom is -0.447 e. The molecule has 0 aliphatic heterocycles. The fourth-order valence-corrected chi connectivity index (χ4v) is 11.1. The van der Waals surface area contributed by atoms with Crippen molar-refractivity contribution in [2.24, 2.45) is 28.6 Å². The summed E-state index contributed by atoms with van der Waals surface area (Å²) >= 11 is 2.80. The van der Waals surface area contributed by atoms with Gasteiger partial charge in [-0.15, -0.1) is 0 Å². The zero-order valence-corrected chi connectivity index (χ0v) is 26.0. The Hall–Kier alpha value is -2.95. The molecule has 7 atom stereocenters. The number of fused-ring (bicyclic) bond motifs is 6. The summed E-state index contributed by atoms with van der Waals surface area (Å²) in [6.07, 6.45) is 10.4. The predicted octanol–water partition coefficient (Wildman–Crippen LogP) is 5.85. The monoisotopic (exact) mass is 617 g/mol. The Bertz CT molecular complexity index is 1610. The van der Waals surface area contributed by atoms with Gasteiger partial charge in [0.2, 0.25) is 0 Å². The van der Waals surface area contributed by atoms with Crippen LogP contribution in [-0.4, -0.2) is 55.1 Å². The molecule has 3 saturated carbocycles. The fraction of sp³-hybridized carbons (Fsp3) is 0.515. The molecule has 4 aliphatic rings. The van der Waals surface area contributed by atoms with Crippen molar-refractivity contribution in [2.45, 2.75) is 74.8 Å². The Labute approximate surface area is 258 Å². The molecule has 1 N–H and O–H groups in total. The lowest BCUT2D eigenvalue weighted by atomic mass is 9.45. The highest BCUT2D eigenvalue weighted by atomic mass is 32.2. The van der Waals surface area contributed by atoms with Crippen LogP contribution in [0.3, 0.4) is 0 Å². The van der Waals surface area contributed by atoms with Crippen molar-refractivity contribution < 1.29 is 24.2 Å². The third-order valence-electron chi connectivity index (χ3n) is 11.1. The number of carbonyl (C=O) groups excluding carboxylic acids is 3. The lowest BCUT2D eigenvalue weighted by Gasteiger charge is -2.60. The van der Waals surface area contributed by atoms with E-state index in [0.717, 1.165) is 40.4 Å². The molecule has 0 aromatic carbocycles. The average Bonchev–Trinajstić information content (AvgIpc) is 3.55. The number of ketones is 2. The van der Waals surface area contributed by atoms with Crippen LogP contribution in [0.5, 0.6) is 0 Å². The fourth-order valence-electron chi connectivity index (χ4n) is 9.12. The summed E-state index contributed by atoms with van der Waals surface area (Å²) < 4.78 is 7.16. The number of carbonyl (C=O) groups is 3. The molecular weight excluding hydrogens is 583 g/mol. The largest absolute Gasteiger partial charge is 0.447 e. The number of aliphatic hydroxyl groups excluding tert-OH is 1. The first-order valence-electron chi connectivity index (χ1n) is 15.1. The average molecular weight is 618 g/mol. The summed E-state index contributed by atoms with van der Waals surface area (Å²) in [5, 5.41) is 11.9. The zero-order chi connectivity index (χ0) is 30.0. The predicted molar refractivity (Wildman–Crippen MR) is 164 cm³/mol. The van der Waals surface area contributed by atoms with Crippen LogP contribution in [0.2, 0.25) is 0 Å². The van der Waals surface area contributed by atoms with Gasteiger partial charge in [0.25, 0.3) is 0 Å². The van der Waals surface area contributed by atoms with Crippen LogP contribution in [0, 0.1) is 28.6 Å². The van der Waals surface area contributed by atoms with Crippen molar-refractivity contribution in [3.8, 4) is 0 Å². The molecule has 43 heavy (non-hydrogen) atoms. The molecule has 0 bridgehead atoms. The molecule has 3 fully saturated rings. The normalized spacial score (nSPS) is 35.0. The number of aliphatic hydroxyl groups is 1. The topological polar surface area (TPSA) is 119 Å². The number of rotatable bonds is 6. The standard InChI is InChI=1S/C33H35N3O5S2/c1-31-11-7-21(37)16-20(31)5-6-22-23-8-12-33(32(23,2)17-25(38)27(22)31,41-29(40)19-9-14-34-15-10-19)26(39)18-42-30-36-24-4-3-13-35-28(24)43-30/h3-4,9-10,13-16,22-23,25,27,38H,5-8,11-12,17-18H2,1-2H3/t22?,23?,25-,27?,31?,32?,33-/m0/s1. The number of aromatic nitrogens is 3. The first-order valence-corrected chi connectivity index (χ1v) is 16.9. The Morgan fingerprint density at radius 1 is 1.12 bits per heavy atom. The Morgan fingerprint density at radius 2 is 1.93 bits per heavy atom. The third kappa shape index (κ3) is 4.51. The molecule has 224 valence electrons. The summed E-state index contributed by atoms with van der Waals surface area (Å²) in [5.41, 5.74) is -0.0633. The summed E-state index contributed by atoms with van der Waals surface area (Å²) in [5.74, 6) is -0.142. The van der Waals surface area contributed by atoms with E-state index >= 15 is 0 Å². The van der Waals surface area contributed by atoms with Crippen LogP contribution < -0.4 is 0 Å². The Morgan fingerprint density at radius 3 is 2.72 bits per heavy atom. The number of Topliss-reactive ketones (excluding diaryl/α,β-unsaturated/α-hetero) is 1. The van der Waals surface area contributed by atoms with Gasteiger partial charge < -0.3 is 9.84 Å². The SMILES string of the molecule is CC12CCC(=O)C=C1CCC1C2[C@@H](O)CC2(C)C1CC[C@]2(OC(=O)c1ccncc1)C(=O)CSc1nc2cccnc2s1. The molecule has 0 saturated heterocycles. The van der Waals surface area contributed by atoms with Crippen LogP contribution in [0.4, 0.5) is 0 Å².